The third-order valence-corrected chi connectivity index (χ3v) is 5.04. The van der Waals surface area contributed by atoms with Gasteiger partial charge in [-0.15, -0.1) is 22.6 Å². The van der Waals surface area contributed by atoms with E-state index in [9.17, 15) is 18.0 Å². The quantitative estimate of drug-likeness (QED) is 0.870. The lowest BCUT2D eigenvalue weighted by Crippen LogP contribution is -2.40. The molecule has 1 atom stereocenters. The Balaban J connectivity index is 0.00000225. The summed E-state index contributed by atoms with van der Waals surface area (Å²) >= 11 is 0. The predicted octanol–water partition coefficient (Wildman–Crippen LogP) is 2.09. The summed E-state index contributed by atoms with van der Waals surface area (Å²) in [5, 5.41) is 10.2. The number of amides is 1. The second-order valence-electron chi connectivity index (χ2n) is 6.67. The second kappa shape index (κ2) is 7.90. The van der Waals surface area contributed by atoms with Gasteiger partial charge in [-0.3, -0.25) is 4.79 Å². The summed E-state index contributed by atoms with van der Waals surface area (Å²) in [6.07, 6.45) is -1.94. The van der Waals surface area contributed by atoms with Crippen LogP contribution in [0.3, 0.4) is 0 Å². The Morgan fingerprint density at radius 2 is 1.96 bits per heavy atom. The van der Waals surface area contributed by atoms with Crippen LogP contribution >= 0.6 is 12.4 Å². The van der Waals surface area contributed by atoms with E-state index in [1.54, 1.807) is 4.90 Å². The Labute approximate surface area is 150 Å². The number of hydrogen-bond donors (Lipinski definition) is 1. The van der Waals surface area contributed by atoms with Gasteiger partial charge in [-0.1, -0.05) is 6.92 Å². The van der Waals surface area contributed by atoms with E-state index in [0.29, 0.717) is 12.3 Å². The van der Waals surface area contributed by atoms with Gasteiger partial charge in [-0.05, 0) is 37.8 Å². The highest BCUT2D eigenvalue weighted by Gasteiger charge is 2.40. The fourth-order valence-electron chi connectivity index (χ4n) is 3.56. The number of carbonyl (C=O) groups is 1. The van der Waals surface area contributed by atoms with E-state index in [4.69, 9.17) is 0 Å². The second-order valence-corrected chi connectivity index (χ2v) is 6.67. The van der Waals surface area contributed by atoms with Crippen LogP contribution in [0.15, 0.2) is 0 Å². The van der Waals surface area contributed by atoms with Crippen LogP contribution in [0.5, 0.6) is 0 Å². The van der Waals surface area contributed by atoms with E-state index >= 15 is 0 Å². The van der Waals surface area contributed by atoms with Crippen molar-refractivity contribution in [1.29, 1.82) is 0 Å². The zero-order valence-electron chi connectivity index (χ0n) is 14.1. The van der Waals surface area contributed by atoms with Gasteiger partial charge in [0, 0.05) is 19.5 Å². The molecule has 1 N–H and O–H groups in total. The van der Waals surface area contributed by atoms with Crippen molar-refractivity contribution >= 4 is 18.3 Å². The van der Waals surface area contributed by atoms with Crippen molar-refractivity contribution in [3.05, 3.63) is 11.6 Å². The molecule has 3 heterocycles. The molecule has 2 aliphatic rings. The number of rotatable bonds is 3. The van der Waals surface area contributed by atoms with Crippen LogP contribution in [0.25, 0.3) is 0 Å². The Bertz CT molecular complexity index is 600. The number of hydrogen-bond acceptors (Lipinski definition) is 4. The van der Waals surface area contributed by atoms with E-state index in [1.807, 2.05) is 0 Å². The molecule has 0 aromatic carbocycles. The van der Waals surface area contributed by atoms with Gasteiger partial charge < -0.3 is 14.8 Å². The lowest BCUT2D eigenvalue weighted by Gasteiger charge is -2.32. The molecule has 1 aromatic heterocycles. The smallest absolute Gasteiger partial charge is 0.333 e. The first-order chi connectivity index (χ1) is 11.4. The fraction of sp³-hybridized carbons (Fsp3) is 0.800. The average Bonchev–Trinajstić information content (AvgIpc) is 2.98. The van der Waals surface area contributed by atoms with E-state index in [2.05, 4.69) is 22.4 Å². The molecular weight excluding hydrogens is 359 g/mol. The molecule has 0 bridgehead atoms. The van der Waals surface area contributed by atoms with Gasteiger partial charge in [0.15, 0.2) is 5.82 Å². The van der Waals surface area contributed by atoms with Crippen molar-refractivity contribution in [2.75, 3.05) is 19.6 Å². The van der Waals surface area contributed by atoms with Crippen molar-refractivity contribution in [1.82, 2.24) is 25.0 Å². The Kier molecular flexibility index (Phi) is 6.31. The Morgan fingerprint density at radius 1 is 1.28 bits per heavy atom. The minimum Gasteiger partial charge on any atom is -0.333 e. The van der Waals surface area contributed by atoms with Gasteiger partial charge in [-0.25, -0.2) is 0 Å². The van der Waals surface area contributed by atoms with Crippen LogP contribution in [0.2, 0.25) is 0 Å². The molecule has 3 rings (SSSR count). The molecule has 0 saturated carbocycles. The van der Waals surface area contributed by atoms with Gasteiger partial charge in [0.25, 0.3) is 0 Å². The summed E-state index contributed by atoms with van der Waals surface area (Å²) in [5.74, 6) is 0.0265. The zero-order valence-corrected chi connectivity index (χ0v) is 14.9. The summed E-state index contributed by atoms with van der Waals surface area (Å²) in [6.45, 7) is 4.51. The third-order valence-electron chi connectivity index (χ3n) is 5.04. The molecule has 6 nitrogen and oxygen atoms in total. The molecule has 1 fully saturated rings. The molecular formula is C15H23ClF3N5O. The lowest BCUT2D eigenvalue weighted by atomic mass is 9.84. The molecule has 1 amide bonds. The van der Waals surface area contributed by atoms with Crippen molar-refractivity contribution in [3.8, 4) is 0 Å². The highest BCUT2D eigenvalue weighted by molar-refractivity contribution is 5.85. The number of fused-ring (bicyclic) bond motifs is 1. The number of nitrogens with one attached hydrogen (secondary N) is 1. The summed E-state index contributed by atoms with van der Waals surface area (Å²) in [6, 6.07) is 0. The maximum Gasteiger partial charge on any atom is 0.451 e. The van der Waals surface area contributed by atoms with Crippen molar-refractivity contribution in [3.63, 3.8) is 0 Å². The maximum absolute atomic E-state index is 12.8. The van der Waals surface area contributed by atoms with Gasteiger partial charge in [-0.2, -0.15) is 13.2 Å². The van der Waals surface area contributed by atoms with Crippen LogP contribution in [0.4, 0.5) is 13.2 Å². The molecule has 2 aliphatic heterocycles. The number of nitrogens with zero attached hydrogens (tertiary/aromatic N) is 4. The largest absolute Gasteiger partial charge is 0.451 e. The first-order valence-corrected chi connectivity index (χ1v) is 8.34. The van der Waals surface area contributed by atoms with Crippen molar-refractivity contribution in [2.24, 2.45) is 11.8 Å². The Morgan fingerprint density at radius 3 is 2.60 bits per heavy atom. The minimum absolute atomic E-state index is 0. The molecule has 1 saturated heterocycles. The summed E-state index contributed by atoms with van der Waals surface area (Å²) in [4.78, 5) is 14.1. The van der Waals surface area contributed by atoms with Crippen LogP contribution in [0.1, 0.15) is 37.8 Å². The normalized spacial score (nSPS) is 19.9. The van der Waals surface area contributed by atoms with Crippen molar-refractivity contribution < 1.29 is 18.0 Å². The van der Waals surface area contributed by atoms with Crippen LogP contribution < -0.4 is 5.32 Å². The minimum atomic E-state index is -4.51. The molecule has 1 aromatic rings. The molecule has 1 unspecified atom stereocenters. The lowest BCUT2D eigenvalue weighted by molar-refractivity contribution is -0.148. The Hall–Kier alpha value is -1.35. The number of halogens is 4. The average molecular weight is 382 g/mol. The number of alkyl halides is 3. The summed E-state index contributed by atoms with van der Waals surface area (Å²) in [5.41, 5.74) is 0. The SMILES string of the molecule is CC(CC(=O)N1CCn2c(nnc2C(F)(F)F)C1)C1CCNCC1.Cl. The predicted molar refractivity (Wildman–Crippen MR) is 87.1 cm³/mol. The summed E-state index contributed by atoms with van der Waals surface area (Å²) in [7, 11) is 0. The van der Waals surface area contributed by atoms with Crippen LogP contribution in [-0.2, 0) is 24.1 Å². The topological polar surface area (TPSA) is 63.1 Å². The molecule has 25 heavy (non-hydrogen) atoms. The van der Waals surface area contributed by atoms with Gasteiger partial charge in [0.2, 0.25) is 11.7 Å². The first-order valence-electron chi connectivity index (χ1n) is 8.34. The maximum atomic E-state index is 12.8. The molecule has 0 spiro atoms. The monoisotopic (exact) mass is 381 g/mol. The number of piperidine rings is 1. The van der Waals surface area contributed by atoms with E-state index in [-0.39, 0.29) is 49.7 Å². The van der Waals surface area contributed by atoms with E-state index in [1.165, 1.54) is 0 Å². The first kappa shape index (κ1) is 20.0. The van der Waals surface area contributed by atoms with Gasteiger partial charge in [0.05, 0.1) is 6.54 Å². The van der Waals surface area contributed by atoms with Gasteiger partial charge in [0.1, 0.15) is 0 Å². The standard InChI is InChI=1S/C15H22F3N5O.ClH/c1-10(11-2-4-19-5-3-11)8-13(24)22-6-7-23-12(9-22)20-21-14(23)15(16,17)18;/h10-11,19H,2-9H2,1H3;1H. The van der Waals surface area contributed by atoms with Crippen molar-refractivity contribution in [2.45, 2.75) is 45.5 Å². The third kappa shape index (κ3) is 4.44. The molecule has 10 heteroatoms. The number of aromatic nitrogens is 3. The highest BCUT2D eigenvalue weighted by Crippen LogP contribution is 2.30. The molecule has 0 aliphatic carbocycles. The van der Waals surface area contributed by atoms with Crippen LogP contribution in [-0.4, -0.2) is 45.2 Å². The fourth-order valence-corrected chi connectivity index (χ4v) is 3.56. The van der Waals surface area contributed by atoms with E-state index in [0.717, 1.165) is 30.5 Å². The van der Waals surface area contributed by atoms with Gasteiger partial charge >= 0.3 is 6.18 Å². The number of carbonyl (C=O) groups excluding carboxylic acids is 1. The van der Waals surface area contributed by atoms with Crippen LogP contribution in [0, 0.1) is 11.8 Å². The molecule has 142 valence electrons. The summed E-state index contributed by atoms with van der Waals surface area (Å²) < 4.78 is 39.6. The highest BCUT2D eigenvalue weighted by atomic mass is 35.5. The van der Waals surface area contributed by atoms with E-state index < -0.39 is 12.0 Å². The molecule has 0 radical (unpaired) electrons. The zero-order chi connectivity index (χ0) is 17.3.